The van der Waals surface area contributed by atoms with Gasteiger partial charge in [-0.15, -0.1) is 11.3 Å². The third kappa shape index (κ3) is 8.23. The van der Waals surface area contributed by atoms with Crippen LogP contribution < -0.4 is 16.0 Å². The predicted molar refractivity (Wildman–Crippen MR) is 177 cm³/mol. The van der Waals surface area contributed by atoms with E-state index in [4.69, 9.17) is 4.74 Å². The van der Waals surface area contributed by atoms with E-state index in [0.29, 0.717) is 6.42 Å². The van der Waals surface area contributed by atoms with Crippen molar-refractivity contribution in [2.45, 2.75) is 57.3 Å². The van der Waals surface area contributed by atoms with Crippen molar-refractivity contribution in [2.75, 3.05) is 45.9 Å². The second-order valence-corrected chi connectivity index (χ2v) is 14.0. The van der Waals surface area contributed by atoms with Crippen molar-refractivity contribution in [2.24, 2.45) is 5.92 Å². The van der Waals surface area contributed by atoms with Crippen LogP contribution in [-0.4, -0.2) is 107 Å². The zero-order valence-corrected chi connectivity index (χ0v) is 27.9. The van der Waals surface area contributed by atoms with Crippen molar-refractivity contribution in [3.63, 3.8) is 0 Å². The molecule has 0 aliphatic carbocycles. The molecule has 3 fully saturated rings. The van der Waals surface area contributed by atoms with Crippen LogP contribution in [0, 0.1) is 5.92 Å². The standard InChI is InChI=1S/C34H41F2N7O4S/c1-21(2)33(46)43-19-25(41-31(45)28-14-34(35,36)20-40-28)13-26(43)16-38-30(44)27-8-7-24(15-37-27)29-17-39-32(48-29)23-5-3-22(4-6-23)18-42-9-11-47-12-10-42/h3-8,15,17,21,25-26,28,40H,9-14,16,18-20H2,1-2H3,(H,38,44)(H,41,45)/t25-,26-,28+/m1/s1. The Balaban J connectivity index is 1.03. The molecule has 14 heteroatoms. The topological polar surface area (TPSA) is 129 Å². The minimum atomic E-state index is -2.92. The molecule has 2 aromatic heterocycles. The van der Waals surface area contributed by atoms with E-state index in [9.17, 15) is 23.2 Å². The van der Waals surface area contributed by atoms with Crippen LogP contribution in [0.15, 0.2) is 48.8 Å². The number of amides is 3. The van der Waals surface area contributed by atoms with E-state index in [1.165, 1.54) is 5.56 Å². The highest BCUT2D eigenvalue weighted by Crippen LogP contribution is 2.32. The molecule has 3 amide bonds. The number of carbonyl (C=O) groups is 3. The maximum absolute atomic E-state index is 13.6. The largest absolute Gasteiger partial charge is 0.379 e. The number of benzene rings is 1. The summed E-state index contributed by atoms with van der Waals surface area (Å²) in [4.78, 5) is 52.6. The number of likely N-dealkylation sites (tertiary alicyclic amines) is 1. The van der Waals surface area contributed by atoms with Gasteiger partial charge in [-0.2, -0.15) is 0 Å². The van der Waals surface area contributed by atoms with Gasteiger partial charge in [0.15, 0.2) is 0 Å². The van der Waals surface area contributed by atoms with Crippen molar-refractivity contribution < 1.29 is 27.9 Å². The molecular formula is C34H41F2N7O4S. The van der Waals surface area contributed by atoms with Crippen molar-refractivity contribution in [1.29, 1.82) is 0 Å². The lowest BCUT2D eigenvalue weighted by Crippen LogP contribution is -2.47. The summed E-state index contributed by atoms with van der Waals surface area (Å²) in [6.45, 7) is 7.79. The summed E-state index contributed by atoms with van der Waals surface area (Å²) in [6, 6.07) is 10.2. The summed E-state index contributed by atoms with van der Waals surface area (Å²) >= 11 is 1.55. The predicted octanol–water partition coefficient (Wildman–Crippen LogP) is 3.17. The Morgan fingerprint density at radius 1 is 1.06 bits per heavy atom. The molecule has 0 radical (unpaired) electrons. The average Bonchev–Trinajstić information content (AvgIpc) is 3.83. The Bertz CT molecular complexity index is 1600. The SMILES string of the molecule is CC(C)C(=O)N1C[C@H](NC(=O)[C@@H]2CC(F)(F)CN2)C[C@@H]1CNC(=O)c1ccc(-c2cnc(-c3ccc(CN4CCOCC4)cc3)s2)cn1. The van der Waals surface area contributed by atoms with Crippen LogP contribution in [0.4, 0.5) is 8.78 Å². The third-order valence-corrected chi connectivity index (χ3v) is 10.1. The van der Waals surface area contributed by atoms with Gasteiger partial charge in [-0.05, 0) is 24.1 Å². The maximum Gasteiger partial charge on any atom is 0.269 e. The number of nitrogens with zero attached hydrogens (tertiary/aromatic N) is 4. The quantitative estimate of drug-likeness (QED) is 0.298. The van der Waals surface area contributed by atoms with E-state index < -0.39 is 36.9 Å². The number of alkyl halides is 2. The molecule has 0 spiro atoms. The highest BCUT2D eigenvalue weighted by molar-refractivity contribution is 7.18. The fourth-order valence-electron chi connectivity index (χ4n) is 6.31. The highest BCUT2D eigenvalue weighted by atomic mass is 32.1. The van der Waals surface area contributed by atoms with Crippen molar-refractivity contribution in [3.8, 4) is 21.0 Å². The second-order valence-electron chi connectivity index (χ2n) is 13.0. The average molecular weight is 682 g/mol. The molecule has 5 heterocycles. The summed E-state index contributed by atoms with van der Waals surface area (Å²) in [5, 5.41) is 9.16. The van der Waals surface area contributed by atoms with Crippen molar-refractivity contribution >= 4 is 29.1 Å². The minimum Gasteiger partial charge on any atom is -0.379 e. The Morgan fingerprint density at radius 2 is 1.81 bits per heavy atom. The van der Waals surface area contributed by atoms with Crippen molar-refractivity contribution in [3.05, 3.63) is 60.0 Å². The van der Waals surface area contributed by atoms with E-state index in [0.717, 1.165) is 53.9 Å². The Hall–Kier alpha value is -3.85. The van der Waals surface area contributed by atoms with Crippen molar-refractivity contribution in [1.82, 2.24) is 35.7 Å². The number of hydrogen-bond donors (Lipinski definition) is 3. The fraction of sp³-hybridized carbons (Fsp3) is 0.500. The molecule has 256 valence electrons. The molecule has 3 aliphatic heterocycles. The Kier molecular flexibility index (Phi) is 10.4. The van der Waals surface area contributed by atoms with Gasteiger partial charge >= 0.3 is 0 Å². The second kappa shape index (κ2) is 14.7. The van der Waals surface area contributed by atoms with Crippen LogP contribution in [0.2, 0.25) is 0 Å². The number of ether oxygens (including phenoxy) is 1. The molecular weight excluding hydrogens is 640 g/mol. The minimum absolute atomic E-state index is 0.105. The number of aromatic nitrogens is 2. The zero-order chi connectivity index (χ0) is 33.8. The number of rotatable bonds is 10. The first kappa shape index (κ1) is 34.0. The number of pyridine rings is 1. The molecule has 3 aliphatic rings. The third-order valence-electron chi connectivity index (χ3n) is 8.96. The van der Waals surface area contributed by atoms with E-state index >= 15 is 0 Å². The molecule has 3 atom stereocenters. The number of thiazole rings is 1. The monoisotopic (exact) mass is 681 g/mol. The maximum atomic E-state index is 13.6. The lowest BCUT2D eigenvalue weighted by Gasteiger charge is -2.26. The van der Waals surface area contributed by atoms with Gasteiger partial charge < -0.3 is 20.3 Å². The number of nitrogens with one attached hydrogen (secondary N) is 3. The van der Waals surface area contributed by atoms with E-state index in [1.807, 2.05) is 12.3 Å². The Morgan fingerprint density at radius 3 is 2.48 bits per heavy atom. The smallest absolute Gasteiger partial charge is 0.269 e. The van der Waals surface area contributed by atoms with Gasteiger partial charge in [0.2, 0.25) is 11.8 Å². The lowest BCUT2D eigenvalue weighted by molar-refractivity contribution is -0.135. The summed E-state index contributed by atoms with van der Waals surface area (Å²) in [6.07, 6.45) is 3.29. The first-order valence-corrected chi connectivity index (χ1v) is 17.2. The van der Waals surface area contributed by atoms with Gasteiger partial charge in [-0.25, -0.2) is 13.8 Å². The van der Waals surface area contributed by atoms with Gasteiger partial charge in [-0.3, -0.25) is 29.6 Å². The van der Waals surface area contributed by atoms with Crippen LogP contribution in [0.1, 0.15) is 42.7 Å². The van der Waals surface area contributed by atoms with E-state index in [1.54, 1.807) is 42.3 Å². The molecule has 0 unspecified atom stereocenters. The summed E-state index contributed by atoms with van der Waals surface area (Å²) in [5.74, 6) is -4.20. The first-order chi connectivity index (χ1) is 23.0. The number of morpholine rings is 1. The number of hydrogen-bond acceptors (Lipinski definition) is 9. The molecule has 0 bridgehead atoms. The normalized spacial score (nSPS) is 22.6. The molecule has 1 aromatic carbocycles. The highest BCUT2D eigenvalue weighted by Gasteiger charge is 2.44. The van der Waals surface area contributed by atoms with E-state index in [-0.39, 0.29) is 42.6 Å². The summed E-state index contributed by atoms with van der Waals surface area (Å²) in [7, 11) is 0. The summed E-state index contributed by atoms with van der Waals surface area (Å²) in [5.41, 5.74) is 3.37. The van der Waals surface area contributed by atoms with Crippen LogP contribution in [0.5, 0.6) is 0 Å². The summed E-state index contributed by atoms with van der Waals surface area (Å²) < 4.78 is 32.6. The van der Waals surface area contributed by atoms with Crippen LogP contribution in [0.3, 0.4) is 0 Å². The molecule has 0 saturated carbocycles. The van der Waals surface area contributed by atoms with Gasteiger partial charge in [0.1, 0.15) is 10.7 Å². The lowest BCUT2D eigenvalue weighted by atomic mass is 10.1. The molecule has 48 heavy (non-hydrogen) atoms. The molecule has 11 nitrogen and oxygen atoms in total. The number of halogens is 2. The van der Waals surface area contributed by atoms with Gasteiger partial charge in [0.05, 0.1) is 36.7 Å². The molecule has 3 aromatic rings. The number of carbonyl (C=O) groups excluding carboxylic acids is 3. The van der Waals surface area contributed by atoms with Crippen LogP contribution in [0.25, 0.3) is 21.0 Å². The van der Waals surface area contributed by atoms with Gasteiger partial charge in [-0.1, -0.05) is 38.1 Å². The Labute approximate surface area is 282 Å². The van der Waals surface area contributed by atoms with Gasteiger partial charge in [0, 0.05) is 74.6 Å². The molecule has 6 rings (SSSR count). The van der Waals surface area contributed by atoms with Crippen LogP contribution in [-0.2, 0) is 20.9 Å². The van der Waals surface area contributed by atoms with E-state index in [2.05, 4.69) is 55.1 Å². The molecule has 3 saturated heterocycles. The molecule has 3 N–H and O–H groups in total. The van der Waals surface area contributed by atoms with Crippen LogP contribution >= 0.6 is 11.3 Å². The zero-order valence-electron chi connectivity index (χ0n) is 27.1. The fourth-order valence-corrected chi connectivity index (χ4v) is 7.22. The first-order valence-electron chi connectivity index (χ1n) is 16.4. The van der Waals surface area contributed by atoms with Gasteiger partial charge in [0.25, 0.3) is 11.8 Å².